The number of benzene rings is 1. The highest BCUT2D eigenvalue weighted by Crippen LogP contribution is 2.20. The highest BCUT2D eigenvalue weighted by atomic mass is 16.4. The Morgan fingerprint density at radius 1 is 1.38 bits per heavy atom. The lowest BCUT2D eigenvalue weighted by Crippen LogP contribution is -2.15. The fourth-order valence-electron chi connectivity index (χ4n) is 1.58. The van der Waals surface area contributed by atoms with E-state index in [1.807, 2.05) is 30.3 Å². The van der Waals surface area contributed by atoms with Gasteiger partial charge >= 0.3 is 5.97 Å². The predicted molar refractivity (Wildman–Crippen MR) is 56.9 cm³/mol. The molecule has 2 rings (SSSR count). The maximum Gasteiger partial charge on any atom is 0.305 e. The summed E-state index contributed by atoms with van der Waals surface area (Å²) in [5.74, 6) is -0.857. The number of aliphatic carboxylic acids is 1. The summed E-state index contributed by atoms with van der Waals surface area (Å²) in [6.07, 6.45) is 2.92. The van der Waals surface area contributed by atoms with Gasteiger partial charge in [0.1, 0.15) is 12.7 Å². The summed E-state index contributed by atoms with van der Waals surface area (Å²) in [7, 11) is 0. The van der Waals surface area contributed by atoms with Crippen molar-refractivity contribution in [3.05, 3.63) is 48.5 Å². The van der Waals surface area contributed by atoms with Gasteiger partial charge < -0.3 is 5.11 Å². The fourth-order valence-corrected chi connectivity index (χ4v) is 1.58. The van der Waals surface area contributed by atoms with Crippen LogP contribution in [0.25, 0.3) is 0 Å². The minimum Gasteiger partial charge on any atom is -0.481 e. The molecule has 0 aliphatic heterocycles. The van der Waals surface area contributed by atoms with Crippen LogP contribution in [0.15, 0.2) is 43.0 Å². The third-order valence-electron chi connectivity index (χ3n) is 2.31. The standard InChI is InChI=1S/C11H11N3O2/c15-11(16)6-10(14-8-12-7-13-14)9-4-2-1-3-5-9/h1-5,7-8,10H,6H2,(H,15,16). The van der Waals surface area contributed by atoms with Crippen LogP contribution in [-0.4, -0.2) is 25.8 Å². The minimum atomic E-state index is -0.857. The van der Waals surface area contributed by atoms with Crippen LogP contribution in [0.4, 0.5) is 0 Å². The van der Waals surface area contributed by atoms with E-state index in [9.17, 15) is 4.79 Å². The van der Waals surface area contributed by atoms with Crippen LogP contribution in [0, 0.1) is 0 Å². The molecule has 1 N–H and O–H groups in total. The fraction of sp³-hybridized carbons (Fsp3) is 0.182. The number of carboxylic acids is 1. The number of hydrogen-bond donors (Lipinski definition) is 1. The number of hydrogen-bond acceptors (Lipinski definition) is 3. The molecule has 0 spiro atoms. The van der Waals surface area contributed by atoms with Crippen LogP contribution in [0.2, 0.25) is 0 Å². The molecule has 1 unspecified atom stereocenters. The highest BCUT2D eigenvalue weighted by molar-refractivity contribution is 5.68. The predicted octanol–water partition coefficient (Wildman–Crippen LogP) is 1.34. The SMILES string of the molecule is O=C(O)CC(c1ccccc1)n1cncn1. The molecule has 0 aliphatic carbocycles. The lowest BCUT2D eigenvalue weighted by molar-refractivity contribution is -0.137. The third-order valence-corrected chi connectivity index (χ3v) is 2.31. The van der Waals surface area contributed by atoms with Gasteiger partial charge in [-0.15, -0.1) is 0 Å². The topological polar surface area (TPSA) is 68.0 Å². The molecule has 0 saturated carbocycles. The monoisotopic (exact) mass is 217 g/mol. The Labute approximate surface area is 92.4 Å². The number of carboxylic acid groups (broad SMARTS) is 1. The summed E-state index contributed by atoms with van der Waals surface area (Å²) in [6, 6.07) is 9.11. The van der Waals surface area contributed by atoms with Crippen molar-refractivity contribution < 1.29 is 9.90 Å². The highest BCUT2D eigenvalue weighted by Gasteiger charge is 2.17. The summed E-state index contributed by atoms with van der Waals surface area (Å²) < 4.78 is 1.56. The number of aromatic nitrogens is 3. The zero-order valence-electron chi connectivity index (χ0n) is 8.52. The average Bonchev–Trinajstić information content (AvgIpc) is 2.80. The maximum atomic E-state index is 10.8. The molecule has 1 atom stereocenters. The van der Waals surface area contributed by atoms with Crippen molar-refractivity contribution in [2.75, 3.05) is 0 Å². The molecule has 0 bridgehead atoms. The smallest absolute Gasteiger partial charge is 0.305 e. The molecule has 5 nitrogen and oxygen atoms in total. The van der Waals surface area contributed by atoms with Crippen LogP contribution in [0.3, 0.4) is 0 Å². The van der Waals surface area contributed by atoms with Crippen molar-refractivity contribution >= 4 is 5.97 Å². The van der Waals surface area contributed by atoms with Crippen LogP contribution < -0.4 is 0 Å². The molecule has 82 valence electrons. The van der Waals surface area contributed by atoms with Gasteiger partial charge in [-0.2, -0.15) is 5.10 Å². The van der Waals surface area contributed by atoms with Gasteiger partial charge in [-0.25, -0.2) is 9.67 Å². The second-order valence-corrected chi connectivity index (χ2v) is 3.40. The van der Waals surface area contributed by atoms with Crippen LogP contribution in [-0.2, 0) is 4.79 Å². The number of nitrogens with zero attached hydrogens (tertiary/aromatic N) is 3. The second-order valence-electron chi connectivity index (χ2n) is 3.40. The van der Waals surface area contributed by atoms with E-state index in [4.69, 9.17) is 5.11 Å². The van der Waals surface area contributed by atoms with Gasteiger partial charge in [-0.05, 0) is 5.56 Å². The first-order chi connectivity index (χ1) is 7.77. The van der Waals surface area contributed by atoms with E-state index >= 15 is 0 Å². The molecule has 2 aromatic rings. The zero-order chi connectivity index (χ0) is 11.4. The molecule has 1 heterocycles. The molecule has 0 radical (unpaired) electrons. The molecule has 16 heavy (non-hydrogen) atoms. The van der Waals surface area contributed by atoms with E-state index in [1.54, 1.807) is 4.68 Å². The normalized spacial score (nSPS) is 12.2. The van der Waals surface area contributed by atoms with Gasteiger partial charge in [0.05, 0.1) is 12.5 Å². The lowest BCUT2D eigenvalue weighted by Gasteiger charge is -2.14. The molecule has 1 aromatic heterocycles. The van der Waals surface area contributed by atoms with E-state index < -0.39 is 5.97 Å². The van der Waals surface area contributed by atoms with Crippen molar-refractivity contribution in [1.29, 1.82) is 0 Å². The van der Waals surface area contributed by atoms with Gasteiger partial charge in [0, 0.05) is 0 Å². The van der Waals surface area contributed by atoms with Crippen molar-refractivity contribution in [1.82, 2.24) is 14.8 Å². The van der Waals surface area contributed by atoms with Crippen molar-refractivity contribution in [2.24, 2.45) is 0 Å². The van der Waals surface area contributed by atoms with Gasteiger partial charge in [-0.3, -0.25) is 4.79 Å². The molecule has 0 aliphatic rings. The Morgan fingerprint density at radius 3 is 2.69 bits per heavy atom. The maximum absolute atomic E-state index is 10.8. The number of carbonyl (C=O) groups is 1. The van der Waals surface area contributed by atoms with Crippen molar-refractivity contribution in [2.45, 2.75) is 12.5 Å². The first kappa shape index (κ1) is 10.4. The van der Waals surface area contributed by atoms with Gasteiger partial charge in [0.25, 0.3) is 0 Å². The quantitative estimate of drug-likeness (QED) is 0.839. The summed E-state index contributed by atoms with van der Waals surface area (Å²) in [5.41, 5.74) is 0.912. The van der Waals surface area contributed by atoms with Gasteiger partial charge in [0.15, 0.2) is 0 Å². The number of rotatable bonds is 4. The van der Waals surface area contributed by atoms with Crippen molar-refractivity contribution in [3.8, 4) is 0 Å². The van der Waals surface area contributed by atoms with Gasteiger partial charge in [-0.1, -0.05) is 30.3 Å². The van der Waals surface area contributed by atoms with Crippen LogP contribution in [0.5, 0.6) is 0 Å². The van der Waals surface area contributed by atoms with Crippen LogP contribution in [0.1, 0.15) is 18.0 Å². The van der Waals surface area contributed by atoms with Gasteiger partial charge in [0.2, 0.25) is 0 Å². The Hall–Kier alpha value is -2.17. The zero-order valence-corrected chi connectivity index (χ0v) is 8.52. The third kappa shape index (κ3) is 2.25. The second kappa shape index (κ2) is 4.57. The Morgan fingerprint density at radius 2 is 2.12 bits per heavy atom. The summed E-state index contributed by atoms with van der Waals surface area (Å²) in [4.78, 5) is 14.7. The Kier molecular flexibility index (Phi) is 2.95. The minimum absolute atomic E-state index is 0.00657. The molecular formula is C11H11N3O2. The Balaban J connectivity index is 2.32. The molecule has 5 heteroatoms. The van der Waals surface area contributed by atoms with E-state index in [0.717, 1.165) is 5.56 Å². The first-order valence-corrected chi connectivity index (χ1v) is 4.88. The molecular weight excluding hydrogens is 206 g/mol. The largest absolute Gasteiger partial charge is 0.481 e. The van der Waals surface area contributed by atoms with E-state index in [-0.39, 0.29) is 12.5 Å². The first-order valence-electron chi connectivity index (χ1n) is 4.88. The molecule has 0 amide bonds. The van der Waals surface area contributed by atoms with Crippen LogP contribution >= 0.6 is 0 Å². The van der Waals surface area contributed by atoms with E-state index in [0.29, 0.717) is 0 Å². The van der Waals surface area contributed by atoms with E-state index in [1.165, 1.54) is 12.7 Å². The van der Waals surface area contributed by atoms with Crippen molar-refractivity contribution in [3.63, 3.8) is 0 Å². The van der Waals surface area contributed by atoms with E-state index in [2.05, 4.69) is 10.1 Å². The summed E-state index contributed by atoms with van der Waals surface area (Å²) >= 11 is 0. The summed E-state index contributed by atoms with van der Waals surface area (Å²) in [5, 5.41) is 12.9. The lowest BCUT2D eigenvalue weighted by atomic mass is 10.0. The molecule has 1 aromatic carbocycles. The molecule has 0 fully saturated rings. The average molecular weight is 217 g/mol. The summed E-state index contributed by atoms with van der Waals surface area (Å²) in [6.45, 7) is 0. The Bertz CT molecular complexity index is 453. The molecule has 0 saturated heterocycles.